The molecule has 1 amide bonds. The van der Waals surface area contributed by atoms with Gasteiger partial charge >= 0.3 is 0 Å². The number of benzene rings is 2. The van der Waals surface area contributed by atoms with Crippen molar-refractivity contribution >= 4 is 35.8 Å². The van der Waals surface area contributed by atoms with Crippen LogP contribution in [0.25, 0.3) is 0 Å². The standard InChI is InChI=1S/C25H34N4O.HI/c1-3-21-10-6-7-11-23(21)19-28-25(26-4-2)27-18-20-12-14-22(15-13-20)24(30)29-16-8-5-9-17-29;/h6-7,10-15H,3-5,8-9,16-19H2,1-2H3,(H2,26,27,28);1H. The Morgan fingerprint density at radius 2 is 1.61 bits per heavy atom. The number of nitrogens with zero attached hydrogens (tertiary/aromatic N) is 2. The SMILES string of the molecule is CCNC(=NCc1ccc(C(=O)N2CCCCC2)cc1)NCc1ccccc1CC.I. The quantitative estimate of drug-likeness (QED) is 0.307. The first-order chi connectivity index (χ1) is 14.7. The van der Waals surface area contributed by atoms with E-state index in [9.17, 15) is 4.79 Å². The molecule has 1 fully saturated rings. The summed E-state index contributed by atoms with van der Waals surface area (Å²) in [7, 11) is 0. The molecule has 0 radical (unpaired) electrons. The van der Waals surface area contributed by atoms with Crippen molar-refractivity contribution in [2.45, 2.75) is 52.6 Å². The van der Waals surface area contributed by atoms with Gasteiger partial charge in [-0.05, 0) is 61.4 Å². The number of hydrogen-bond donors (Lipinski definition) is 2. The fourth-order valence-corrected chi connectivity index (χ4v) is 3.80. The lowest BCUT2D eigenvalue weighted by Crippen LogP contribution is -2.37. The van der Waals surface area contributed by atoms with Crippen LogP contribution in [0.4, 0.5) is 0 Å². The van der Waals surface area contributed by atoms with Gasteiger partial charge in [0.15, 0.2) is 5.96 Å². The molecule has 2 aromatic rings. The summed E-state index contributed by atoms with van der Waals surface area (Å²) in [5.74, 6) is 0.950. The molecule has 0 aliphatic carbocycles. The lowest BCUT2D eigenvalue weighted by Gasteiger charge is -2.26. The molecule has 0 aromatic heterocycles. The minimum Gasteiger partial charge on any atom is -0.357 e. The van der Waals surface area contributed by atoms with Crippen LogP contribution < -0.4 is 10.6 Å². The third-order valence-electron chi connectivity index (χ3n) is 5.55. The summed E-state index contributed by atoms with van der Waals surface area (Å²) in [6.45, 7) is 8.14. The zero-order valence-electron chi connectivity index (χ0n) is 18.7. The van der Waals surface area contributed by atoms with Gasteiger partial charge in [0.05, 0.1) is 6.54 Å². The van der Waals surface area contributed by atoms with Crippen molar-refractivity contribution in [3.05, 3.63) is 70.8 Å². The Morgan fingerprint density at radius 3 is 2.26 bits per heavy atom. The molecule has 31 heavy (non-hydrogen) atoms. The van der Waals surface area contributed by atoms with E-state index in [1.54, 1.807) is 0 Å². The topological polar surface area (TPSA) is 56.7 Å². The summed E-state index contributed by atoms with van der Waals surface area (Å²) in [5, 5.41) is 6.74. The monoisotopic (exact) mass is 534 g/mol. The molecule has 168 valence electrons. The number of aliphatic imine (C=N–C) groups is 1. The molecule has 0 spiro atoms. The summed E-state index contributed by atoms with van der Waals surface area (Å²) in [4.78, 5) is 19.3. The zero-order chi connectivity index (χ0) is 21.2. The second-order valence-electron chi connectivity index (χ2n) is 7.72. The number of guanidine groups is 1. The first-order valence-corrected chi connectivity index (χ1v) is 11.2. The molecule has 0 atom stereocenters. The summed E-state index contributed by atoms with van der Waals surface area (Å²) < 4.78 is 0. The van der Waals surface area contributed by atoms with Crippen LogP contribution in [0.15, 0.2) is 53.5 Å². The van der Waals surface area contributed by atoms with Crippen molar-refractivity contribution < 1.29 is 4.79 Å². The Kier molecular flexibility index (Phi) is 10.8. The van der Waals surface area contributed by atoms with E-state index in [0.717, 1.165) is 62.5 Å². The number of carbonyl (C=O) groups excluding carboxylic acids is 1. The minimum atomic E-state index is 0. The van der Waals surface area contributed by atoms with Gasteiger partial charge in [-0.25, -0.2) is 4.99 Å². The summed E-state index contributed by atoms with van der Waals surface area (Å²) >= 11 is 0. The first kappa shape index (κ1) is 25.2. The fourth-order valence-electron chi connectivity index (χ4n) is 3.80. The van der Waals surface area contributed by atoms with Gasteiger partial charge in [0.25, 0.3) is 5.91 Å². The van der Waals surface area contributed by atoms with E-state index >= 15 is 0 Å². The molecule has 1 aliphatic heterocycles. The van der Waals surface area contributed by atoms with Crippen LogP contribution in [0.2, 0.25) is 0 Å². The zero-order valence-corrected chi connectivity index (χ0v) is 21.0. The highest BCUT2D eigenvalue weighted by molar-refractivity contribution is 14.0. The largest absolute Gasteiger partial charge is 0.357 e. The van der Waals surface area contributed by atoms with Gasteiger partial charge in [-0.15, -0.1) is 24.0 Å². The van der Waals surface area contributed by atoms with Crippen molar-refractivity contribution in [3.8, 4) is 0 Å². The maximum atomic E-state index is 12.6. The molecule has 1 saturated heterocycles. The van der Waals surface area contributed by atoms with Crippen LogP contribution in [-0.4, -0.2) is 36.4 Å². The maximum Gasteiger partial charge on any atom is 0.253 e. The van der Waals surface area contributed by atoms with E-state index in [4.69, 9.17) is 4.99 Å². The average molecular weight is 534 g/mol. The van der Waals surface area contributed by atoms with E-state index in [0.29, 0.717) is 6.54 Å². The highest BCUT2D eigenvalue weighted by Gasteiger charge is 2.17. The second kappa shape index (κ2) is 13.3. The van der Waals surface area contributed by atoms with Gasteiger partial charge < -0.3 is 15.5 Å². The van der Waals surface area contributed by atoms with Gasteiger partial charge in [-0.3, -0.25) is 4.79 Å². The number of halogens is 1. The number of nitrogens with one attached hydrogen (secondary N) is 2. The number of hydrogen-bond acceptors (Lipinski definition) is 2. The van der Waals surface area contributed by atoms with Crippen molar-refractivity contribution in [3.63, 3.8) is 0 Å². The first-order valence-electron chi connectivity index (χ1n) is 11.2. The molecular weight excluding hydrogens is 499 g/mol. The van der Waals surface area contributed by atoms with Gasteiger partial charge in [0, 0.05) is 31.7 Å². The van der Waals surface area contributed by atoms with Crippen molar-refractivity contribution in [1.82, 2.24) is 15.5 Å². The Bertz CT molecular complexity index is 845. The molecule has 1 aliphatic rings. The molecule has 0 unspecified atom stereocenters. The van der Waals surface area contributed by atoms with E-state index in [-0.39, 0.29) is 29.9 Å². The van der Waals surface area contributed by atoms with Crippen LogP contribution in [0.3, 0.4) is 0 Å². The van der Waals surface area contributed by atoms with Gasteiger partial charge in [0.2, 0.25) is 0 Å². The molecule has 3 rings (SSSR count). The molecule has 1 heterocycles. The summed E-state index contributed by atoms with van der Waals surface area (Å²) in [6.07, 6.45) is 4.48. The highest BCUT2D eigenvalue weighted by atomic mass is 127. The number of piperidine rings is 1. The van der Waals surface area contributed by atoms with E-state index in [2.05, 4.69) is 48.7 Å². The summed E-state index contributed by atoms with van der Waals surface area (Å²) in [6, 6.07) is 16.4. The number of rotatable bonds is 7. The highest BCUT2D eigenvalue weighted by Crippen LogP contribution is 2.14. The lowest BCUT2D eigenvalue weighted by molar-refractivity contribution is 0.0724. The van der Waals surface area contributed by atoms with Crippen LogP contribution in [0.1, 0.15) is 60.2 Å². The Balaban J connectivity index is 0.00000341. The third kappa shape index (κ3) is 7.52. The van der Waals surface area contributed by atoms with Gasteiger partial charge in [-0.1, -0.05) is 43.3 Å². The normalized spacial score (nSPS) is 14.0. The molecule has 2 N–H and O–H groups in total. The van der Waals surface area contributed by atoms with Gasteiger partial charge in [0.1, 0.15) is 0 Å². The van der Waals surface area contributed by atoms with E-state index < -0.39 is 0 Å². The van der Waals surface area contributed by atoms with E-state index in [1.165, 1.54) is 17.5 Å². The predicted molar refractivity (Wildman–Crippen MR) is 139 cm³/mol. The number of carbonyl (C=O) groups is 1. The Morgan fingerprint density at radius 1 is 0.935 bits per heavy atom. The smallest absolute Gasteiger partial charge is 0.253 e. The van der Waals surface area contributed by atoms with Crippen LogP contribution in [0.5, 0.6) is 0 Å². The van der Waals surface area contributed by atoms with Crippen LogP contribution in [0, 0.1) is 0 Å². The molecule has 5 nitrogen and oxygen atoms in total. The molecular formula is C25H35IN4O. The second-order valence-corrected chi connectivity index (χ2v) is 7.72. The predicted octanol–water partition coefficient (Wildman–Crippen LogP) is 4.75. The number of aryl methyl sites for hydroxylation is 1. The van der Waals surface area contributed by atoms with E-state index in [1.807, 2.05) is 29.2 Å². The van der Waals surface area contributed by atoms with Crippen molar-refractivity contribution in [2.75, 3.05) is 19.6 Å². The van der Waals surface area contributed by atoms with Gasteiger partial charge in [-0.2, -0.15) is 0 Å². The molecule has 0 saturated carbocycles. The molecule has 2 aromatic carbocycles. The average Bonchev–Trinajstić information content (AvgIpc) is 2.81. The lowest BCUT2D eigenvalue weighted by atomic mass is 10.1. The molecule has 6 heteroatoms. The Hall–Kier alpha value is -2.09. The van der Waals surface area contributed by atoms with Crippen LogP contribution >= 0.6 is 24.0 Å². The Labute approximate surface area is 203 Å². The summed E-state index contributed by atoms with van der Waals surface area (Å²) in [5.41, 5.74) is 4.52. The van der Waals surface area contributed by atoms with Crippen molar-refractivity contribution in [1.29, 1.82) is 0 Å². The third-order valence-corrected chi connectivity index (χ3v) is 5.55. The molecule has 0 bridgehead atoms. The minimum absolute atomic E-state index is 0. The fraction of sp³-hybridized carbons (Fsp3) is 0.440. The maximum absolute atomic E-state index is 12.6. The van der Waals surface area contributed by atoms with Crippen molar-refractivity contribution in [2.24, 2.45) is 4.99 Å². The number of amides is 1. The van der Waals surface area contributed by atoms with Crippen LogP contribution in [-0.2, 0) is 19.5 Å². The number of likely N-dealkylation sites (tertiary alicyclic amines) is 1.